The molecule has 3 heteroatoms. The summed E-state index contributed by atoms with van der Waals surface area (Å²) in [5, 5.41) is 10.4. The summed E-state index contributed by atoms with van der Waals surface area (Å²) in [7, 11) is 1.61. The second kappa shape index (κ2) is 4.34. The Morgan fingerprint density at radius 3 is 2.62 bits per heavy atom. The van der Waals surface area contributed by atoms with Gasteiger partial charge in [0.25, 0.3) is 0 Å². The van der Waals surface area contributed by atoms with Gasteiger partial charge in [0.05, 0.1) is 19.3 Å². The van der Waals surface area contributed by atoms with E-state index < -0.39 is 5.60 Å². The third-order valence-electron chi connectivity index (χ3n) is 3.16. The van der Waals surface area contributed by atoms with Crippen molar-refractivity contribution in [1.82, 2.24) is 0 Å². The molecule has 1 fully saturated rings. The molecule has 16 heavy (non-hydrogen) atoms. The van der Waals surface area contributed by atoms with E-state index in [1.807, 2.05) is 25.1 Å². The van der Waals surface area contributed by atoms with Gasteiger partial charge in [0, 0.05) is 5.56 Å². The van der Waals surface area contributed by atoms with Crippen LogP contribution in [0.5, 0.6) is 11.5 Å². The summed E-state index contributed by atoms with van der Waals surface area (Å²) in [6.45, 7) is 2.53. The Morgan fingerprint density at radius 1 is 1.38 bits per heavy atom. The van der Waals surface area contributed by atoms with Crippen LogP contribution < -0.4 is 9.47 Å². The molecule has 1 aromatic rings. The van der Waals surface area contributed by atoms with Crippen LogP contribution in [0.1, 0.15) is 31.7 Å². The Kier molecular flexibility index (Phi) is 3.06. The lowest BCUT2D eigenvalue weighted by Gasteiger charge is -2.38. The molecule has 1 saturated carbocycles. The van der Waals surface area contributed by atoms with Crippen molar-refractivity contribution >= 4 is 0 Å². The first-order valence-electron chi connectivity index (χ1n) is 5.74. The summed E-state index contributed by atoms with van der Waals surface area (Å²) < 4.78 is 10.9. The second-order valence-corrected chi connectivity index (χ2v) is 4.16. The minimum absolute atomic E-state index is 0.595. The minimum Gasteiger partial charge on any atom is -0.492 e. The Balaban J connectivity index is 2.40. The lowest BCUT2D eigenvalue weighted by atomic mass is 9.75. The molecular weight excluding hydrogens is 204 g/mol. The summed E-state index contributed by atoms with van der Waals surface area (Å²) in [6, 6.07) is 5.69. The van der Waals surface area contributed by atoms with Crippen molar-refractivity contribution < 1.29 is 14.6 Å². The van der Waals surface area contributed by atoms with Gasteiger partial charge in [-0.25, -0.2) is 0 Å². The lowest BCUT2D eigenvalue weighted by molar-refractivity contribution is -0.0407. The van der Waals surface area contributed by atoms with E-state index in [4.69, 9.17) is 9.47 Å². The van der Waals surface area contributed by atoms with Crippen LogP contribution in [0.2, 0.25) is 0 Å². The predicted octanol–water partition coefficient (Wildman–Crippen LogP) is 2.47. The smallest absolute Gasteiger partial charge is 0.166 e. The van der Waals surface area contributed by atoms with Crippen LogP contribution in [-0.2, 0) is 5.60 Å². The maximum Gasteiger partial charge on any atom is 0.166 e. The van der Waals surface area contributed by atoms with Crippen LogP contribution in [0.3, 0.4) is 0 Å². The van der Waals surface area contributed by atoms with Crippen LogP contribution in [0.25, 0.3) is 0 Å². The fraction of sp³-hybridized carbons (Fsp3) is 0.538. The van der Waals surface area contributed by atoms with E-state index in [-0.39, 0.29) is 0 Å². The molecule has 0 amide bonds. The lowest BCUT2D eigenvalue weighted by Crippen LogP contribution is -2.34. The van der Waals surface area contributed by atoms with Crippen LogP contribution in [0, 0.1) is 0 Å². The average Bonchev–Trinajstić information content (AvgIpc) is 2.26. The van der Waals surface area contributed by atoms with Crippen molar-refractivity contribution in [2.75, 3.05) is 13.7 Å². The Hall–Kier alpha value is -1.22. The molecule has 88 valence electrons. The quantitative estimate of drug-likeness (QED) is 0.850. The minimum atomic E-state index is -0.710. The third kappa shape index (κ3) is 1.76. The topological polar surface area (TPSA) is 38.7 Å². The summed E-state index contributed by atoms with van der Waals surface area (Å²) in [6.07, 6.45) is 2.68. The molecule has 0 saturated heterocycles. The van der Waals surface area contributed by atoms with Crippen LogP contribution in [0.4, 0.5) is 0 Å². The number of ether oxygens (including phenoxy) is 2. The largest absolute Gasteiger partial charge is 0.492 e. The summed E-state index contributed by atoms with van der Waals surface area (Å²) >= 11 is 0. The molecule has 0 aromatic heterocycles. The van der Waals surface area contributed by atoms with Gasteiger partial charge in [-0.2, -0.15) is 0 Å². The summed E-state index contributed by atoms with van der Waals surface area (Å²) in [5.74, 6) is 1.38. The van der Waals surface area contributed by atoms with E-state index in [2.05, 4.69) is 0 Å². The van der Waals surface area contributed by atoms with Crippen molar-refractivity contribution in [2.45, 2.75) is 31.8 Å². The first-order valence-corrected chi connectivity index (χ1v) is 5.74. The zero-order chi connectivity index (χ0) is 11.6. The number of benzene rings is 1. The fourth-order valence-corrected chi connectivity index (χ4v) is 2.14. The molecule has 0 bridgehead atoms. The summed E-state index contributed by atoms with van der Waals surface area (Å²) in [4.78, 5) is 0. The fourth-order valence-electron chi connectivity index (χ4n) is 2.14. The third-order valence-corrected chi connectivity index (χ3v) is 3.16. The van der Waals surface area contributed by atoms with Crippen molar-refractivity contribution in [3.05, 3.63) is 23.8 Å². The van der Waals surface area contributed by atoms with Crippen LogP contribution in [0.15, 0.2) is 18.2 Å². The highest BCUT2D eigenvalue weighted by Gasteiger charge is 2.39. The maximum absolute atomic E-state index is 10.4. The molecule has 1 aliphatic carbocycles. The molecule has 3 nitrogen and oxygen atoms in total. The number of hydrogen-bond acceptors (Lipinski definition) is 3. The first-order chi connectivity index (χ1) is 7.71. The Bertz CT molecular complexity index is 369. The molecule has 0 spiro atoms. The monoisotopic (exact) mass is 222 g/mol. The van der Waals surface area contributed by atoms with Gasteiger partial charge < -0.3 is 14.6 Å². The number of aliphatic hydroxyl groups is 1. The molecule has 0 unspecified atom stereocenters. The number of methoxy groups -OCH3 is 1. The molecule has 1 aromatic carbocycles. The molecule has 0 aliphatic heterocycles. The Morgan fingerprint density at radius 2 is 2.12 bits per heavy atom. The van der Waals surface area contributed by atoms with E-state index in [0.717, 1.165) is 24.8 Å². The molecule has 0 heterocycles. The number of para-hydroxylation sites is 1. The van der Waals surface area contributed by atoms with Gasteiger partial charge in [0.15, 0.2) is 11.5 Å². The van der Waals surface area contributed by atoms with Gasteiger partial charge in [-0.05, 0) is 32.3 Å². The average molecular weight is 222 g/mol. The van der Waals surface area contributed by atoms with Crippen molar-refractivity contribution in [1.29, 1.82) is 0 Å². The van der Waals surface area contributed by atoms with Crippen molar-refractivity contribution in [3.63, 3.8) is 0 Å². The van der Waals surface area contributed by atoms with E-state index >= 15 is 0 Å². The Labute approximate surface area is 96.0 Å². The highest BCUT2D eigenvalue weighted by molar-refractivity contribution is 5.49. The molecule has 0 atom stereocenters. The number of rotatable bonds is 4. The van der Waals surface area contributed by atoms with Crippen LogP contribution >= 0.6 is 0 Å². The molecule has 0 radical (unpaired) electrons. The van der Waals surface area contributed by atoms with Crippen LogP contribution in [-0.4, -0.2) is 18.8 Å². The van der Waals surface area contributed by atoms with Gasteiger partial charge in [0.1, 0.15) is 0 Å². The standard InChI is InChI=1S/C13H18O3/c1-3-16-11-7-4-6-10(12(11)15-2)13(14)8-5-9-13/h4,6-7,14H,3,5,8-9H2,1-2H3. The predicted molar refractivity (Wildman–Crippen MR) is 61.9 cm³/mol. The highest BCUT2D eigenvalue weighted by atomic mass is 16.5. The van der Waals surface area contributed by atoms with Crippen molar-refractivity contribution in [2.24, 2.45) is 0 Å². The van der Waals surface area contributed by atoms with E-state index in [9.17, 15) is 5.11 Å². The summed E-state index contributed by atoms with van der Waals surface area (Å²) in [5.41, 5.74) is 0.144. The van der Waals surface area contributed by atoms with Gasteiger partial charge >= 0.3 is 0 Å². The molecular formula is C13H18O3. The van der Waals surface area contributed by atoms with Gasteiger partial charge in [0.2, 0.25) is 0 Å². The molecule has 2 rings (SSSR count). The zero-order valence-corrected chi connectivity index (χ0v) is 9.82. The van der Waals surface area contributed by atoms with E-state index in [1.54, 1.807) is 7.11 Å². The van der Waals surface area contributed by atoms with Gasteiger partial charge in [-0.15, -0.1) is 0 Å². The zero-order valence-electron chi connectivity index (χ0n) is 9.82. The molecule has 1 N–H and O–H groups in total. The maximum atomic E-state index is 10.4. The van der Waals surface area contributed by atoms with Crippen molar-refractivity contribution in [3.8, 4) is 11.5 Å². The number of hydrogen-bond donors (Lipinski definition) is 1. The molecule has 1 aliphatic rings. The second-order valence-electron chi connectivity index (χ2n) is 4.16. The highest BCUT2D eigenvalue weighted by Crippen LogP contribution is 2.47. The normalized spacial score (nSPS) is 17.7. The van der Waals surface area contributed by atoms with Gasteiger partial charge in [-0.3, -0.25) is 0 Å². The van der Waals surface area contributed by atoms with E-state index in [1.165, 1.54) is 0 Å². The first kappa shape index (κ1) is 11.3. The SMILES string of the molecule is CCOc1cccc(C2(O)CCC2)c1OC. The van der Waals surface area contributed by atoms with E-state index in [0.29, 0.717) is 18.1 Å². The van der Waals surface area contributed by atoms with Gasteiger partial charge in [-0.1, -0.05) is 12.1 Å².